The fraction of sp³-hybridized carbons (Fsp3) is 0.667. The summed E-state index contributed by atoms with van der Waals surface area (Å²) >= 11 is 0. The minimum atomic E-state index is -1.76. The molecule has 1 aliphatic rings. The van der Waals surface area contributed by atoms with Crippen molar-refractivity contribution in [1.29, 1.82) is 0 Å². The van der Waals surface area contributed by atoms with Gasteiger partial charge in [0.2, 0.25) is 6.54 Å². The number of esters is 1. The van der Waals surface area contributed by atoms with Crippen molar-refractivity contribution in [3.05, 3.63) is 51.4 Å². The van der Waals surface area contributed by atoms with Crippen LogP contribution in [0.1, 0.15) is 65.9 Å². The van der Waals surface area contributed by atoms with Crippen LogP contribution in [-0.2, 0) is 42.3 Å². The maximum absolute atomic E-state index is 12.6. The molecule has 17 heteroatoms. The highest BCUT2D eigenvalue weighted by Gasteiger charge is 2.47. The molecule has 15 nitrogen and oxygen atoms in total. The van der Waals surface area contributed by atoms with Crippen LogP contribution in [0.3, 0.4) is 0 Å². The highest BCUT2D eigenvalue weighted by atomic mass is 31.2. The normalized spacial score (nSPS) is 20.5. The molecule has 0 radical (unpaired) electrons. The summed E-state index contributed by atoms with van der Waals surface area (Å²) in [5.74, 6) is -1.22. The number of hydrogen-bond donors (Lipinski definition) is 0. The predicted octanol–water partition coefficient (Wildman–Crippen LogP) is 4.13. The SMILES string of the molecule is B[C@@H]1O[C@H](COC(=O)OCC(C)c2ccccc2[N+](=O)[O-])C(OP(OCC[N+]#[C-])N(C(C)C)C(C)C)[C@@H]1OCOC(=O)CCC(C)=O. The van der Waals surface area contributed by atoms with E-state index in [0.717, 1.165) is 0 Å². The molecule has 3 unspecified atom stereocenters. The summed E-state index contributed by atoms with van der Waals surface area (Å²) < 4.78 is 42.4. The lowest BCUT2D eigenvalue weighted by molar-refractivity contribution is -0.385. The molecule has 1 fully saturated rings. The van der Waals surface area contributed by atoms with Gasteiger partial charge in [0.1, 0.15) is 51.8 Å². The molecule has 0 N–H and O–H groups in total. The number of carbonyl (C=O) groups is 3. The molecule has 1 aromatic carbocycles. The summed E-state index contributed by atoms with van der Waals surface area (Å²) in [6, 6.07) is 5.62. The van der Waals surface area contributed by atoms with Gasteiger partial charge in [0.05, 0.1) is 17.3 Å². The molecule has 0 aromatic heterocycles. The zero-order chi connectivity index (χ0) is 35.1. The summed E-state index contributed by atoms with van der Waals surface area (Å²) in [7, 11) is -0.0240. The van der Waals surface area contributed by atoms with Crippen molar-refractivity contribution in [2.75, 3.05) is 33.2 Å². The highest BCUT2D eigenvalue weighted by Crippen LogP contribution is 2.49. The van der Waals surface area contributed by atoms with Crippen molar-refractivity contribution in [2.45, 2.75) is 96.7 Å². The van der Waals surface area contributed by atoms with E-state index in [9.17, 15) is 24.5 Å². The van der Waals surface area contributed by atoms with Crippen LogP contribution < -0.4 is 0 Å². The third-order valence-corrected chi connectivity index (χ3v) is 9.18. The first kappa shape index (κ1) is 40.0. The van der Waals surface area contributed by atoms with E-state index >= 15 is 0 Å². The number of para-hydroxylation sites is 1. The minimum Gasteiger partial charge on any atom is -0.438 e. The Kier molecular flexibility index (Phi) is 17.2. The van der Waals surface area contributed by atoms with Crippen LogP contribution in [0.25, 0.3) is 4.85 Å². The molecule has 0 bridgehead atoms. The lowest BCUT2D eigenvalue weighted by Gasteiger charge is -2.38. The molecule has 1 aliphatic heterocycles. The Hall–Kier alpha value is -3.19. The van der Waals surface area contributed by atoms with E-state index in [1.165, 1.54) is 13.0 Å². The molecule has 0 amide bonds. The molecule has 6 atom stereocenters. The van der Waals surface area contributed by atoms with Gasteiger partial charge in [-0.2, -0.15) is 0 Å². The number of rotatable bonds is 20. The Labute approximate surface area is 277 Å². The molecule has 1 aromatic rings. The lowest BCUT2D eigenvalue weighted by atomic mass is 9.93. The van der Waals surface area contributed by atoms with Gasteiger partial charge in [-0.05, 0) is 34.6 Å². The number of nitro groups is 1. The fourth-order valence-electron chi connectivity index (χ4n) is 4.87. The number of ether oxygens (including phenoxy) is 5. The van der Waals surface area contributed by atoms with Crippen LogP contribution in [-0.4, -0.2) is 105 Å². The maximum atomic E-state index is 12.6. The smallest absolute Gasteiger partial charge is 0.438 e. The zero-order valence-corrected chi connectivity index (χ0v) is 28.9. The molecule has 2 rings (SSSR count). The largest absolute Gasteiger partial charge is 0.508 e. The van der Waals surface area contributed by atoms with Crippen molar-refractivity contribution >= 4 is 40.0 Å². The molecule has 0 saturated carbocycles. The van der Waals surface area contributed by atoms with Crippen molar-refractivity contribution in [3.8, 4) is 0 Å². The van der Waals surface area contributed by atoms with E-state index < -0.39 is 62.6 Å². The number of benzene rings is 1. The van der Waals surface area contributed by atoms with Gasteiger partial charge < -0.3 is 42.4 Å². The van der Waals surface area contributed by atoms with Gasteiger partial charge in [0.25, 0.3) is 14.2 Å². The third-order valence-electron chi connectivity index (χ3n) is 7.05. The molecule has 1 saturated heterocycles. The molecular formula is C30H45BN3O12P. The number of nitrogens with zero attached hydrogens (tertiary/aromatic N) is 3. The molecule has 47 heavy (non-hydrogen) atoms. The second-order valence-corrected chi connectivity index (χ2v) is 12.9. The van der Waals surface area contributed by atoms with Gasteiger partial charge in [-0.25, -0.2) is 16.0 Å². The van der Waals surface area contributed by atoms with E-state index in [0.29, 0.717) is 5.56 Å². The Bertz CT molecular complexity index is 1220. The van der Waals surface area contributed by atoms with Crippen LogP contribution in [0.15, 0.2) is 24.3 Å². The standard InChI is InChI=1S/C30H45BN3O12P/c1-19(2)33(20(3)4)47(44-15-14-32-7)46-27-25(45-29(31)28(27)43-18-42-26(36)13-12-22(6)35)17-41-30(37)40-16-21(5)23-10-8-9-11-24(23)34(38)39/h8-11,19-21,25,27-29H,12-18,31H2,1-6H3/t21?,25-,27?,28+,29-,47?/m1/s1. The van der Waals surface area contributed by atoms with Crippen molar-refractivity contribution in [2.24, 2.45) is 0 Å². The van der Waals surface area contributed by atoms with Crippen LogP contribution in [0.2, 0.25) is 0 Å². The third kappa shape index (κ3) is 13.1. The Morgan fingerprint density at radius 1 is 1.09 bits per heavy atom. The number of nitro benzene ring substituents is 1. The summed E-state index contributed by atoms with van der Waals surface area (Å²) in [5.41, 5.74) is 0.341. The van der Waals surface area contributed by atoms with E-state index in [4.69, 9.17) is 39.3 Å². The van der Waals surface area contributed by atoms with Gasteiger partial charge in [-0.3, -0.25) is 14.9 Å². The van der Waals surface area contributed by atoms with Gasteiger partial charge in [0.15, 0.2) is 6.79 Å². The number of Topliss-reactive ketones (excluding diaryl/α,β-unsaturated/α-hetero) is 1. The van der Waals surface area contributed by atoms with Crippen molar-refractivity contribution < 1.29 is 52.0 Å². The van der Waals surface area contributed by atoms with Crippen LogP contribution in [0.4, 0.5) is 10.5 Å². The van der Waals surface area contributed by atoms with Crippen LogP contribution in [0, 0.1) is 16.7 Å². The predicted molar refractivity (Wildman–Crippen MR) is 173 cm³/mol. The van der Waals surface area contributed by atoms with Crippen molar-refractivity contribution in [1.82, 2.24) is 4.67 Å². The lowest BCUT2D eigenvalue weighted by Crippen LogP contribution is -2.42. The summed E-state index contributed by atoms with van der Waals surface area (Å²) in [4.78, 5) is 50.2. The summed E-state index contributed by atoms with van der Waals surface area (Å²) in [5, 5.41) is 11.4. The van der Waals surface area contributed by atoms with Gasteiger partial charge in [0, 0.05) is 36.1 Å². The van der Waals surface area contributed by atoms with E-state index in [2.05, 4.69) is 4.85 Å². The van der Waals surface area contributed by atoms with Crippen molar-refractivity contribution in [3.63, 3.8) is 0 Å². The topological polar surface area (TPSA) is 167 Å². The fourth-order valence-corrected chi connectivity index (χ4v) is 6.63. The first-order chi connectivity index (χ1) is 22.3. The monoisotopic (exact) mass is 681 g/mol. The number of carbonyl (C=O) groups excluding carboxylic acids is 3. The first-order valence-corrected chi connectivity index (χ1v) is 16.6. The molecule has 0 spiro atoms. The summed E-state index contributed by atoms with van der Waals surface area (Å²) in [6.45, 7) is 17.5. The van der Waals surface area contributed by atoms with E-state index in [1.54, 1.807) is 33.0 Å². The maximum Gasteiger partial charge on any atom is 0.508 e. The Morgan fingerprint density at radius 3 is 2.38 bits per heavy atom. The second kappa shape index (κ2) is 20.2. The van der Waals surface area contributed by atoms with Gasteiger partial charge in [-0.15, -0.1) is 0 Å². The van der Waals surface area contributed by atoms with Gasteiger partial charge in [-0.1, -0.05) is 25.1 Å². The molecular weight excluding hydrogens is 636 g/mol. The second-order valence-electron chi connectivity index (χ2n) is 11.5. The Balaban J connectivity index is 2.17. The Morgan fingerprint density at radius 2 is 1.77 bits per heavy atom. The number of ketones is 1. The van der Waals surface area contributed by atoms with Crippen LogP contribution >= 0.6 is 8.53 Å². The average Bonchev–Trinajstić information content (AvgIpc) is 3.30. The van der Waals surface area contributed by atoms with Gasteiger partial charge >= 0.3 is 12.1 Å². The highest BCUT2D eigenvalue weighted by molar-refractivity contribution is 7.44. The molecule has 260 valence electrons. The van der Waals surface area contributed by atoms with E-state index in [1.807, 2.05) is 32.4 Å². The van der Waals surface area contributed by atoms with Crippen LogP contribution in [0.5, 0.6) is 0 Å². The average molecular weight is 681 g/mol. The minimum absolute atomic E-state index is 0.00232. The molecule has 0 aliphatic carbocycles. The quantitative estimate of drug-likeness (QED) is 0.0282. The first-order valence-electron chi connectivity index (χ1n) is 15.4. The summed E-state index contributed by atoms with van der Waals surface area (Å²) in [6.07, 6.45) is -3.53. The van der Waals surface area contributed by atoms with E-state index in [-0.39, 0.29) is 62.8 Å². The molecule has 1 heterocycles. The number of hydrogen-bond acceptors (Lipinski definition) is 13. The zero-order valence-electron chi connectivity index (χ0n) is 28.0.